The number of hydrogen-bond acceptors (Lipinski definition) is 9. The van der Waals surface area contributed by atoms with E-state index in [4.69, 9.17) is 19.4 Å². The van der Waals surface area contributed by atoms with E-state index in [0.717, 1.165) is 37.3 Å². The minimum absolute atomic E-state index is 0.0967. The summed E-state index contributed by atoms with van der Waals surface area (Å²) in [6.45, 7) is 4.54. The second-order valence-electron chi connectivity index (χ2n) is 13.0. The highest BCUT2D eigenvalue weighted by Crippen LogP contribution is 2.59. The largest absolute Gasteiger partial charge is 0.377 e. The number of benzene rings is 2. The minimum atomic E-state index is -0.0967. The van der Waals surface area contributed by atoms with Crippen molar-refractivity contribution < 1.29 is 14.3 Å². The van der Waals surface area contributed by atoms with Gasteiger partial charge in [-0.2, -0.15) is 15.0 Å². The standard InChI is InChI=1S/C35H47N7O3/c43-31(30-9-5-2-6-10-30)36-13-15-44-17-18-45-16-14-38-33-40-32(37-12-11-26-7-3-1-4-8-26)41-34(42-33)39-25-35-22-27-19-28(23-35)21-29(20-27)24-35/h1-10,27-29H,11-25H2,(H,36,43)(H3,37,38,39,40,41,42). The highest BCUT2D eigenvalue weighted by molar-refractivity contribution is 5.94. The molecule has 0 unspecified atom stereocenters. The molecule has 0 saturated heterocycles. The summed E-state index contributed by atoms with van der Waals surface area (Å²) in [5.74, 6) is 4.37. The Morgan fingerprint density at radius 2 is 1.20 bits per heavy atom. The minimum Gasteiger partial charge on any atom is -0.377 e. The Bertz CT molecular complexity index is 1320. The molecule has 0 spiro atoms. The average Bonchev–Trinajstić information content (AvgIpc) is 3.05. The fourth-order valence-electron chi connectivity index (χ4n) is 7.83. The molecule has 1 amide bonds. The molecule has 4 aliphatic carbocycles. The van der Waals surface area contributed by atoms with Crippen LogP contribution in [0.15, 0.2) is 60.7 Å². The molecule has 10 nitrogen and oxygen atoms in total. The van der Waals surface area contributed by atoms with Crippen LogP contribution in [0.5, 0.6) is 0 Å². The van der Waals surface area contributed by atoms with Crippen molar-refractivity contribution in [2.75, 3.05) is 68.6 Å². The number of hydrogen-bond donors (Lipinski definition) is 4. The first-order valence-electron chi connectivity index (χ1n) is 16.6. The van der Waals surface area contributed by atoms with Crippen LogP contribution in [0.4, 0.5) is 17.8 Å². The number of anilines is 3. The number of aromatic nitrogens is 3. The third-order valence-corrected chi connectivity index (χ3v) is 9.43. The van der Waals surface area contributed by atoms with Crippen LogP contribution >= 0.6 is 0 Å². The summed E-state index contributed by atoms with van der Waals surface area (Å²) < 4.78 is 11.3. The van der Waals surface area contributed by atoms with Crippen molar-refractivity contribution in [3.63, 3.8) is 0 Å². The van der Waals surface area contributed by atoms with Gasteiger partial charge in [-0.3, -0.25) is 4.79 Å². The predicted molar refractivity (Wildman–Crippen MR) is 176 cm³/mol. The second-order valence-corrected chi connectivity index (χ2v) is 13.0. The van der Waals surface area contributed by atoms with E-state index in [1.807, 2.05) is 24.3 Å². The van der Waals surface area contributed by atoms with Crippen LogP contribution in [0.1, 0.15) is 54.4 Å². The molecule has 240 valence electrons. The SMILES string of the molecule is O=C(NCCOCCOCCNc1nc(NCCc2ccccc2)nc(NCC23CC4CC(CC(C4)C2)C3)n1)c1ccccc1. The Labute approximate surface area is 266 Å². The Hall–Kier alpha value is -3.76. The van der Waals surface area contributed by atoms with Gasteiger partial charge in [-0.15, -0.1) is 0 Å². The van der Waals surface area contributed by atoms with Gasteiger partial charge in [0.05, 0.1) is 26.4 Å². The third-order valence-electron chi connectivity index (χ3n) is 9.43. The summed E-state index contributed by atoms with van der Waals surface area (Å²) in [7, 11) is 0. The molecule has 45 heavy (non-hydrogen) atoms. The van der Waals surface area contributed by atoms with Gasteiger partial charge in [0, 0.05) is 31.7 Å². The van der Waals surface area contributed by atoms with Crippen molar-refractivity contribution in [2.24, 2.45) is 23.2 Å². The molecular formula is C35H47N7O3. The van der Waals surface area contributed by atoms with Crippen LogP contribution in [-0.2, 0) is 15.9 Å². The molecular weight excluding hydrogens is 566 g/mol. The Balaban J connectivity index is 0.933. The first-order valence-corrected chi connectivity index (χ1v) is 16.6. The van der Waals surface area contributed by atoms with Crippen molar-refractivity contribution in [3.05, 3.63) is 71.8 Å². The summed E-state index contributed by atoms with van der Waals surface area (Å²) in [5, 5.41) is 13.2. The highest BCUT2D eigenvalue weighted by Gasteiger charge is 2.50. The summed E-state index contributed by atoms with van der Waals surface area (Å²) in [5.41, 5.74) is 2.31. The summed E-state index contributed by atoms with van der Waals surface area (Å²) in [4.78, 5) is 26.2. The normalized spacial score (nSPS) is 23.1. The number of ether oxygens (including phenoxy) is 2. The van der Waals surface area contributed by atoms with E-state index in [9.17, 15) is 4.79 Å². The van der Waals surface area contributed by atoms with E-state index >= 15 is 0 Å². The monoisotopic (exact) mass is 613 g/mol. The predicted octanol–water partition coefficient (Wildman–Crippen LogP) is 5.03. The van der Waals surface area contributed by atoms with Crippen LogP contribution in [0.2, 0.25) is 0 Å². The molecule has 2 aromatic carbocycles. The first-order chi connectivity index (χ1) is 22.1. The maximum Gasteiger partial charge on any atom is 0.251 e. The lowest BCUT2D eigenvalue weighted by molar-refractivity contribution is -0.0445. The van der Waals surface area contributed by atoms with Crippen molar-refractivity contribution in [3.8, 4) is 0 Å². The van der Waals surface area contributed by atoms with Crippen molar-refractivity contribution in [1.82, 2.24) is 20.3 Å². The van der Waals surface area contributed by atoms with Crippen LogP contribution in [-0.4, -0.2) is 73.5 Å². The van der Waals surface area contributed by atoms with E-state index in [-0.39, 0.29) is 5.91 Å². The molecule has 10 heteroatoms. The van der Waals surface area contributed by atoms with Gasteiger partial charge in [-0.05, 0) is 85.8 Å². The van der Waals surface area contributed by atoms with Crippen LogP contribution < -0.4 is 21.3 Å². The molecule has 1 heterocycles. The first kappa shape index (κ1) is 31.2. The van der Waals surface area contributed by atoms with Gasteiger partial charge < -0.3 is 30.7 Å². The molecule has 0 aliphatic heterocycles. The number of nitrogens with one attached hydrogen (secondary N) is 4. The number of amides is 1. The van der Waals surface area contributed by atoms with Crippen molar-refractivity contribution in [1.29, 1.82) is 0 Å². The van der Waals surface area contributed by atoms with Crippen molar-refractivity contribution >= 4 is 23.8 Å². The smallest absolute Gasteiger partial charge is 0.251 e. The van der Waals surface area contributed by atoms with Gasteiger partial charge in [0.2, 0.25) is 17.8 Å². The molecule has 4 saturated carbocycles. The summed E-state index contributed by atoms with van der Waals surface area (Å²) in [6, 6.07) is 19.6. The van der Waals surface area contributed by atoms with Crippen LogP contribution in [0.25, 0.3) is 0 Å². The van der Waals surface area contributed by atoms with Crippen molar-refractivity contribution in [2.45, 2.75) is 44.9 Å². The molecule has 4 fully saturated rings. The summed E-state index contributed by atoms with van der Waals surface area (Å²) in [6.07, 6.45) is 9.23. The van der Waals surface area contributed by atoms with Crippen LogP contribution in [0.3, 0.4) is 0 Å². The fraction of sp³-hybridized carbons (Fsp3) is 0.543. The molecule has 4 bridgehead atoms. The lowest BCUT2D eigenvalue weighted by Crippen LogP contribution is -2.49. The zero-order valence-electron chi connectivity index (χ0n) is 26.2. The number of carbonyl (C=O) groups excluding carboxylic acids is 1. The number of carbonyl (C=O) groups is 1. The molecule has 4 N–H and O–H groups in total. The molecule has 3 aromatic rings. The second kappa shape index (κ2) is 15.5. The Morgan fingerprint density at radius 1 is 0.667 bits per heavy atom. The average molecular weight is 614 g/mol. The molecule has 4 aliphatic rings. The van der Waals surface area contributed by atoms with Gasteiger partial charge >= 0.3 is 0 Å². The van der Waals surface area contributed by atoms with Gasteiger partial charge in [0.15, 0.2) is 0 Å². The number of nitrogens with zero attached hydrogens (tertiary/aromatic N) is 3. The maximum atomic E-state index is 12.1. The zero-order chi connectivity index (χ0) is 30.7. The van der Waals surface area contributed by atoms with Gasteiger partial charge in [-0.1, -0.05) is 48.5 Å². The topological polar surface area (TPSA) is 122 Å². The van der Waals surface area contributed by atoms with E-state index < -0.39 is 0 Å². The van der Waals surface area contributed by atoms with E-state index in [1.54, 1.807) is 12.1 Å². The molecule has 7 rings (SSSR count). The lowest BCUT2D eigenvalue weighted by atomic mass is 9.49. The number of rotatable bonds is 18. The van der Waals surface area contributed by atoms with E-state index in [2.05, 4.69) is 50.5 Å². The third kappa shape index (κ3) is 9.14. The quantitative estimate of drug-likeness (QED) is 0.146. The van der Waals surface area contributed by atoms with E-state index in [1.165, 1.54) is 44.1 Å². The molecule has 0 radical (unpaired) electrons. The Morgan fingerprint density at radius 3 is 1.82 bits per heavy atom. The molecule has 1 aromatic heterocycles. The maximum absolute atomic E-state index is 12.1. The Kier molecular flexibility index (Phi) is 10.8. The van der Waals surface area contributed by atoms with Gasteiger partial charge in [-0.25, -0.2) is 0 Å². The highest BCUT2D eigenvalue weighted by atomic mass is 16.5. The fourth-order valence-corrected chi connectivity index (χ4v) is 7.83. The zero-order valence-corrected chi connectivity index (χ0v) is 26.2. The molecule has 0 atom stereocenters. The lowest BCUT2D eigenvalue weighted by Gasteiger charge is -2.56. The van der Waals surface area contributed by atoms with Crippen LogP contribution in [0, 0.1) is 23.2 Å². The summed E-state index contributed by atoms with van der Waals surface area (Å²) >= 11 is 0. The van der Waals surface area contributed by atoms with E-state index in [0.29, 0.717) is 68.3 Å². The van der Waals surface area contributed by atoms with Gasteiger partial charge in [0.25, 0.3) is 5.91 Å². The van der Waals surface area contributed by atoms with Gasteiger partial charge in [0.1, 0.15) is 0 Å².